The van der Waals surface area contributed by atoms with Crippen molar-refractivity contribution in [2.24, 2.45) is 0 Å². The number of fused-ring (bicyclic) bond motifs is 1. The van der Waals surface area contributed by atoms with Gasteiger partial charge in [-0.1, -0.05) is 66.7 Å². The number of aromatic nitrogens is 2. The molecule has 6 heteroatoms. The molecule has 1 heterocycles. The van der Waals surface area contributed by atoms with Crippen molar-refractivity contribution in [1.82, 2.24) is 9.78 Å². The van der Waals surface area contributed by atoms with E-state index in [0.29, 0.717) is 17.7 Å². The molecule has 31 heavy (non-hydrogen) atoms. The van der Waals surface area contributed by atoms with Crippen molar-refractivity contribution in [3.8, 4) is 17.0 Å². The van der Waals surface area contributed by atoms with Crippen LogP contribution in [0.15, 0.2) is 83.7 Å². The lowest BCUT2D eigenvalue weighted by Gasteiger charge is -2.15. The first-order valence-electron chi connectivity index (χ1n) is 10.1. The maximum Gasteiger partial charge on any atom is 0.274 e. The summed E-state index contributed by atoms with van der Waals surface area (Å²) < 4.78 is 12.3. The van der Waals surface area contributed by atoms with E-state index in [4.69, 9.17) is 9.47 Å². The van der Waals surface area contributed by atoms with Gasteiger partial charge in [0, 0.05) is 16.5 Å². The van der Waals surface area contributed by atoms with Crippen LogP contribution in [-0.4, -0.2) is 34.7 Å². The number of para-hydroxylation sites is 1. The number of methoxy groups -OCH3 is 1. The van der Waals surface area contributed by atoms with Crippen molar-refractivity contribution in [1.29, 1.82) is 0 Å². The average molecular weight is 416 g/mol. The second kappa shape index (κ2) is 9.55. The highest BCUT2D eigenvalue weighted by Crippen LogP contribution is 2.24. The first kappa shape index (κ1) is 20.8. The van der Waals surface area contributed by atoms with Crippen LogP contribution in [0.3, 0.4) is 0 Å². The fraction of sp³-hybridized carbons (Fsp3) is 0.200. The van der Waals surface area contributed by atoms with E-state index in [1.165, 1.54) is 4.68 Å². The summed E-state index contributed by atoms with van der Waals surface area (Å²) in [5, 5.41) is 16.4. The Labute approximate surface area is 180 Å². The minimum absolute atomic E-state index is 0.0371. The third-order valence-corrected chi connectivity index (χ3v) is 5.06. The molecule has 0 saturated carbocycles. The van der Waals surface area contributed by atoms with Gasteiger partial charge in [0.15, 0.2) is 0 Å². The summed E-state index contributed by atoms with van der Waals surface area (Å²) in [5.74, 6) is 0.733. The predicted molar refractivity (Wildman–Crippen MR) is 120 cm³/mol. The number of ether oxygens (including phenoxy) is 2. The number of benzene rings is 3. The van der Waals surface area contributed by atoms with Crippen LogP contribution in [0.5, 0.6) is 5.75 Å². The molecule has 3 aromatic carbocycles. The van der Waals surface area contributed by atoms with Gasteiger partial charge in [-0.15, -0.1) is 0 Å². The highest BCUT2D eigenvalue weighted by molar-refractivity contribution is 5.93. The van der Waals surface area contributed by atoms with E-state index in [9.17, 15) is 9.90 Å². The SMILES string of the molecule is COc1ccccc1COC[C@H](O)Cn1nc(-c2ccccc2)c2ccccc2c1=O. The Hall–Kier alpha value is -3.48. The van der Waals surface area contributed by atoms with Crippen LogP contribution in [0.2, 0.25) is 0 Å². The summed E-state index contributed by atoms with van der Waals surface area (Å²) in [4.78, 5) is 13.0. The summed E-state index contributed by atoms with van der Waals surface area (Å²) in [7, 11) is 1.61. The predicted octanol–water partition coefficient (Wildman–Crippen LogP) is 3.65. The van der Waals surface area contributed by atoms with Gasteiger partial charge in [-0.25, -0.2) is 4.68 Å². The summed E-state index contributed by atoms with van der Waals surface area (Å²) >= 11 is 0. The molecule has 4 rings (SSSR count). The van der Waals surface area contributed by atoms with Crippen LogP contribution in [0.1, 0.15) is 5.56 Å². The van der Waals surface area contributed by atoms with Crippen LogP contribution in [0.4, 0.5) is 0 Å². The van der Waals surface area contributed by atoms with Crippen molar-refractivity contribution in [3.63, 3.8) is 0 Å². The van der Waals surface area contributed by atoms with E-state index < -0.39 is 6.10 Å². The van der Waals surface area contributed by atoms with E-state index in [0.717, 1.165) is 22.3 Å². The van der Waals surface area contributed by atoms with E-state index in [-0.39, 0.29) is 18.7 Å². The molecule has 0 amide bonds. The van der Waals surface area contributed by atoms with Crippen LogP contribution >= 0.6 is 0 Å². The fourth-order valence-electron chi connectivity index (χ4n) is 3.55. The number of nitrogens with zero attached hydrogens (tertiary/aromatic N) is 2. The molecular formula is C25H24N2O4. The highest BCUT2D eigenvalue weighted by Gasteiger charge is 2.15. The Kier molecular flexibility index (Phi) is 6.40. The summed E-state index contributed by atoms with van der Waals surface area (Å²) in [6.45, 7) is 0.408. The van der Waals surface area contributed by atoms with Gasteiger partial charge in [0.05, 0.1) is 44.1 Å². The van der Waals surface area contributed by atoms with Crippen LogP contribution in [-0.2, 0) is 17.9 Å². The molecule has 0 unspecified atom stereocenters. The minimum atomic E-state index is -0.885. The lowest BCUT2D eigenvalue weighted by Crippen LogP contribution is -2.31. The molecular weight excluding hydrogens is 392 g/mol. The van der Waals surface area contributed by atoms with Crippen molar-refractivity contribution < 1.29 is 14.6 Å². The largest absolute Gasteiger partial charge is 0.496 e. The molecule has 1 aromatic heterocycles. The lowest BCUT2D eigenvalue weighted by molar-refractivity contribution is 0.0176. The van der Waals surface area contributed by atoms with Crippen LogP contribution in [0.25, 0.3) is 22.0 Å². The van der Waals surface area contributed by atoms with Gasteiger partial charge < -0.3 is 14.6 Å². The molecule has 1 N–H and O–H groups in total. The quantitative estimate of drug-likeness (QED) is 0.475. The highest BCUT2D eigenvalue weighted by atomic mass is 16.5. The third-order valence-electron chi connectivity index (χ3n) is 5.06. The minimum Gasteiger partial charge on any atom is -0.496 e. The van der Waals surface area contributed by atoms with E-state index in [2.05, 4.69) is 5.10 Å². The van der Waals surface area contributed by atoms with Crippen molar-refractivity contribution >= 4 is 10.8 Å². The van der Waals surface area contributed by atoms with Gasteiger partial charge in [-0.05, 0) is 12.1 Å². The van der Waals surface area contributed by atoms with Gasteiger partial charge in [-0.3, -0.25) is 4.79 Å². The molecule has 0 aliphatic heterocycles. The summed E-state index contributed by atoms with van der Waals surface area (Å²) in [6.07, 6.45) is -0.885. The second-order valence-corrected chi connectivity index (χ2v) is 7.23. The first-order valence-corrected chi connectivity index (χ1v) is 10.1. The summed E-state index contributed by atoms with van der Waals surface area (Å²) in [5.41, 5.74) is 2.27. The average Bonchev–Trinajstić information content (AvgIpc) is 2.82. The number of hydrogen-bond acceptors (Lipinski definition) is 5. The van der Waals surface area contributed by atoms with Gasteiger partial charge in [0.25, 0.3) is 5.56 Å². The van der Waals surface area contributed by atoms with E-state index >= 15 is 0 Å². The molecule has 0 aliphatic rings. The van der Waals surface area contributed by atoms with Gasteiger partial charge in [-0.2, -0.15) is 5.10 Å². The molecule has 4 aromatic rings. The standard InChI is InChI=1S/C25H24N2O4/c1-30-23-14-8-5-11-19(23)16-31-17-20(28)15-27-25(29)22-13-7-6-12-21(22)24(26-27)18-9-3-2-4-10-18/h2-14,20,28H,15-17H2,1H3/t20-/m1/s1. The maximum absolute atomic E-state index is 13.0. The van der Waals surface area contributed by atoms with Crippen molar-refractivity contribution in [2.45, 2.75) is 19.3 Å². The molecule has 158 valence electrons. The van der Waals surface area contributed by atoms with Crippen LogP contribution < -0.4 is 10.3 Å². The molecule has 0 aliphatic carbocycles. The Bertz CT molecular complexity index is 1220. The van der Waals surface area contributed by atoms with Crippen LogP contribution in [0, 0.1) is 0 Å². The molecule has 6 nitrogen and oxygen atoms in total. The smallest absolute Gasteiger partial charge is 0.274 e. The Morgan fingerprint density at radius 1 is 0.935 bits per heavy atom. The monoisotopic (exact) mass is 416 g/mol. The molecule has 0 fully saturated rings. The van der Waals surface area contributed by atoms with Crippen molar-refractivity contribution in [2.75, 3.05) is 13.7 Å². The normalized spacial score (nSPS) is 12.1. The number of aliphatic hydroxyl groups excluding tert-OH is 1. The molecule has 1 atom stereocenters. The molecule has 0 saturated heterocycles. The second-order valence-electron chi connectivity index (χ2n) is 7.23. The Balaban J connectivity index is 1.54. The molecule has 0 spiro atoms. The van der Waals surface area contributed by atoms with Crippen molar-refractivity contribution in [3.05, 3.63) is 94.8 Å². The molecule has 0 radical (unpaired) electrons. The zero-order valence-corrected chi connectivity index (χ0v) is 17.3. The first-order chi connectivity index (χ1) is 15.2. The van der Waals surface area contributed by atoms with Gasteiger partial charge in [0.2, 0.25) is 0 Å². The Morgan fingerprint density at radius 3 is 2.39 bits per heavy atom. The van der Waals surface area contributed by atoms with E-state index in [1.54, 1.807) is 13.2 Å². The molecule has 0 bridgehead atoms. The zero-order valence-electron chi connectivity index (χ0n) is 17.3. The Morgan fingerprint density at radius 2 is 1.61 bits per heavy atom. The zero-order chi connectivity index (χ0) is 21.6. The lowest BCUT2D eigenvalue weighted by atomic mass is 10.1. The fourth-order valence-corrected chi connectivity index (χ4v) is 3.55. The number of aliphatic hydroxyl groups is 1. The van der Waals surface area contributed by atoms with Gasteiger partial charge in [0.1, 0.15) is 5.75 Å². The van der Waals surface area contributed by atoms with E-state index in [1.807, 2.05) is 72.8 Å². The third kappa shape index (κ3) is 4.66. The maximum atomic E-state index is 13.0. The number of rotatable bonds is 8. The van der Waals surface area contributed by atoms with Gasteiger partial charge >= 0.3 is 0 Å². The number of hydrogen-bond donors (Lipinski definition) is 1. The topological polar surface area (TPSA) is 73.6 Å². The summed E-state index contributed by atoms with van der Waals surface area (Å²) in [6, 6.07) is 24.7.